The first-order chi connectivity index (χ1) is 12.4. The second-order valence-electron chi connectivity index (χ2n) is 6.12. The first-order valence-electron chi connectivity index (χ1n) is 8.14. The Morgan fingerprint density at radius 3 is 2.62 bits per heavy atom. The third-order valence-corrected chi connectivity index (χ3v) is 4.95. The van der Waals surface area contributed by atoms with E-state index in [0.717, 1.165) is 25.8 Å². The molecule has 6 heteroatoms. The number of hydrogen-bond donors (Lipinski definition) is 1. The number of nitrogens with zero attached hydrogens (tertiary/aromatic N) is 1. The van der Waals surface area contributed by atoms with Crippen molar-refractivity contribution in [2.24, 2.45) is 0 Å². The summed E-state index contributed by atoms with van der Waals surface area (Å²) in [7, 11) is 1.56. The maximum Gasteiger partial charge on any atom is 0.251 e. The van der Waals surface area contributed by atoms with Crippen LogP contribution in [0, 0.1) is 17.4 Å². The molecular formula is C20H19IN2O3. The quantitative estimate of drug-likeness (QED) is 0.599. The highest BCUT2D eigenvalue weighted by molar-refractivity contribution is 14.1. The lowest BCUT2D eigenvalue weighted by Gasteiger charge is -2.15. The summed E-state index contributed by atoms with van der Waals surface area (Å²) in [6.45, 7) is 3.73. The second-order valence-corrected chi connectivity index (χ2v) is 7.36. The molecule has 5 nitrogen and oxygen atoms in total. The molecule has 26 heavy (non-hydrogen) atoms. The normalized spacial score (nSPS) is 10.8. The summed E-state index contributed by atoms with van der Waals surface area (Å²) in [5.74, 6) is 0.314. The van der Waals surface area contributed by atoms with Crippen molar-refractivity contribution in [3.8, 4) is 5.75 Å². The number of hydrogen-bond acceptors (Lipinski definition) is 3. The van der Waals surface area contributed by atoms with Crippen molar-refractivity contribution in [1.29, 1.82) is 0 Å². The summed E-state index contributed by atoms with van der Waals surface area (Å²) < 4.78 is 7.98. The van der Waals surface area contributed by atoms with Crippen LogP contribution in [0.1, 0.15) is 11.1 Å². The monoisotopic (exact) mass is 462 g/mol. The smallest absolute Gasteiger partial charge is 0.251 e. The molecule has 0 fully saturated rings. The fourth-order valence-corrected chi connectivity index (χ4v) is 3.64. The minimum absolute atomic E-state index is 0.0819. The number of para-hydroxylation sites is 1. The van der Waals surface area contributed by atoms with Crippen LogP contribution in [-0.4, -0.2) is 17.6 Å². The standard InChI is InChI=1S/C20H19IN2O3/c1-12-10-19(25)23(20-15(12)5-4-6-17(20)26-3)11-18(24)22-16-8-7-14(21)9-13(16)2/h4-10H,11H2,1-3H3,(H,22,24). The molecule has 0 aliphatic carbocycles. The third kappa shape index (κ3) is 3.60. The van der Waals surface area contributed by atoms with Gasteiger partial charge in [0, 0.05) is 20.7 Å². The van der Waals surface area contributed by atoms with E-state index >= 15 is 0 Å². The molecule has 0 bridgehead atoms. The molecule has 3 rings (SSSR count). The lowest BCUT2D eigenvalue weighted by Crippen LogP contribution is -2.28. The molecule has 1 amide bonds. The number of aryl methyl sites for hydroxylation is 2. The molecule has 0 unspecified atom stereocenters. The summed E-state index contributed by atoms with van der Waals surface area (Å²) in [4.78, 5) is 25.1. The van der Waals surface area contributed by atoms with Gasteiger partial charge in [0.2, 0.25) is 5.91 Å². The number of methoxy groups -OCH3 is 1. The fraction of sp³-hybridized carbons (Fsp3) is 0.200. The van der Waals surface area contributed by atoms with Crippen molar-refractivity contribution in [1.82, 2.24) is 4.57 Å². The van der Waals surface area contributed by atoms with Gasteiger partial charge in [-0.1, -0.05) is 12.1 Å². The summed E-state index contributed by atoms with van der Waals surface area (Å²) in [6, 6.07) is 12.9. The van der Waals surface area contributed by atoms with E-state index < -0.39 is 0 Å². The Balaban J connectivity index is 2.00. The number of rotatable bonds is 4. The number of ether oxygens (including phenoxy) is 1. The van der Waals surface area contributed by atoms with Gasteiger partial charge >= 0.3 is 0 Å². The molecule has 0 atom stereocenters. The summed E-state index contributed by atoms with van der Waals surface area (Å²) >= 11 is 2.23. The van der Waals surface area contributed by atoms with Gasteiger partial charge in [0.05, 0.1) is 12.6 Å². The molecular weight excluding hydrogens is 443 g/mol. The van der Waals surface area contributed by atoms with Gasteiger partial charge in [-0.2, -0.15) is 0 Å². The van der Waals surface area contributed by atoms with Crippen molar-refractivity contribution in [3.05, 3.63) is 67.5 Å². The van der Waals surface area contributed by atoms with E-state index in [-0.39, 0.29) is 18.0 Å². The Hall–Kier alpha value is -2.35. The number of aromatic nitrogens is 1. The summed E-state index contributed by atoms with van der Waals surface area (Å²) in [5.41, 5.74) is 2.98. The van der Waals surface area contributed by atoms with Crippen LogP contribution in [-0.2, 0) is 11.3 Å². The van der Waals surface area contributed by atoms with Crippen molar-refractivity contribution >= 4 is 45.1 Å². The maximum atomic E-state index is 12.6. The molecule has 0 saturated heterocycles. The van der Waals surface area contributed by atoms with E-state index in [2.05, 4.69) is 27.9 Å². The van der Waals surface area contributed by atoms with E-state index in [9.17, 15) is 9.59 Å². The van der Waals surface area contributed by atoms with Crippen LogP contribution in [0.3, 0.4) is 0 Å². The van der Waals surface area contributed by atoms with Crippen molar-refractivity contribution in [3.63, 3.8) is 0 Å². The van der Waals surface area contributed by atoms with Gasteiger partial charge in [-0.15, -0.1) is 0 Å². The topological polar surface area (TPSA) is 60.3 Å². The Morgan fingerprint density at radius 2 is 1.92 bits per heavy atom. The van der Waals surface area contributed by atoms with Crippen LogP contribution in [0.25, 0.3) is 10.9 Å². The van der Waals surface area contributed by atoms with Crippen molar-refractivity contribution in [2.45, 2.75) is 20.4 Å². The molecule has 134 valence electrons. The van der Waals surface area contributed by atoms with Crippen LogP contribution < -0.4 is 15.6 Å². The lowest BCUT2D eigenvalue weighted by atomic mass is 10.1. The highest BCUT2D eigenvalue weighted by atomic mass is 127. The average molecular weight is 462 g/mol. The zero-order valence-corrected chi connectivity index (χ0v) is 17.0. The average Bonchev–Trinajstić information content (AvgIpc) is 2.60. The molecule has 1 aromatic heterocycles. The maximum absolute atomic E-state index is 12.6. The predicted octanol–water partition coefficient (Wildman–Crippen LogP) is 3.87. The van der Waals surface area contributed by atoms with Crippen LogP contribution in [0.4, 0.5) is 5.69 Å². The number of carbonyl (C=O) groups excluding carboxylic acids is 1. The largest absolute Gasteiger partial charge is 0.495 e. The Kier molecular flexibility index (Phi) is 5.31. The zero-order chi connectivity index (χ0) is 18.8. The van der Waals surface area contributed by atoms with Crippen LogP contribution >= 0.6 is 22.6 Å². The number of anilines is 1. The lowest BCUT2D eigenvalue weighted by molar-refractivity contribution is -0.116. The molecule has 0 aliphatic heterocycles. The van der Waals surface area contributed by atoms with E-state index in [1.807, 2.05) is 44.2 Å². The second kappa shape index (κ2) is 7.49. The van der Waals surface area contributed by atoms with Gasteiger partial charge in [-0.25, -0.2) is 0 Å². The minimum Gasteiger partial charge on any atom is -0.495 e. The Labute approximate surface area is 165 Å². The number of fused-ring (bicyclic) bond motifs is 1. The molecule has 3 aromatic rings. The van der Waals surface area contributed by atoms with Crippen LogP contribution in [0.5, 0.6) is 5.75 Å². The molecule has 1 heterocycles. The molecule has 0 aliphatic rings. The van der Waals surface area contributed by atoms with Gasteiger partial charge in [0.15, 0.2) is 0 Å². The first kappa shape index (κ1) is 18.4. The number of nitrogens with one attached hydrogen (secondary N) is 1. The van der Waals surface area contributed by atoms with Gasteiger partial charge in [0.1, 0.15) is 12.3 Å². The fourth-order valence-electron chi connectivity index (χ4n) is 2.99. The van der Waals surface area contributed by atoms with Crippen LogP contribution in [0.2, 0.25) is 0 Å². The van der Waals surface area contributed by atoms with E-state index in [1.54, 1.807) is 19.2 Å². The van der Waals surface area contributed by atoms with E-state index in [1.165, 1.54) is 4.57 Å². The Bertz CT molecular complexity index is 1060. The number of carbonyl (C=O) groups is 1. The molecule has 0 spiro atoms. The zero-order valence-electron chi connectivity index (χ0n) is 14.8. The molecule has 0 radical (unpaired) electrons. The number of benzene rings is 2. The summed E-state index contributed by atoms with van der Waals surface area (Å²) in [5, 5.41) is 3.78. The van der Waals surface area contributed by atoms with Gasteiger partial charge in [-0.05, 0) is 71.8 Å². The van der Waals surface area contributed by atoms with Gasteiger partial charge < -0.3 is 10.1 Å². The van der Waals surface area contributed by atoms with Crippen molar-refractivity contribution in [2.75, 3.05) is 12.4 Å². The molecule has 2 aromatic carbocycles. The molecule has 1 N–H and O–H groups in total. The summed E-state index contributed by atoms with van der Waals surface area (Å²) in [6.07, 6.45) is 0. The number of amides is 1. The SMILES string of the molecule is COc1cccc2c(C)cc(=O)n(CC(=O)Nc3ccc(I)cc3C)c12. The van der Waals surface area contributed by atoms with E-state index in [0.29, 0.717) is 11.3 Å². The molecule has 0 saturated carbocycles. The predicted molar refractivity (Wildman–Crippen MR) is 112 cm³/mol. The highest BCUT2D eigenvalue weighted by Gasteiger charge is 2.14. The number of pyridine rings is 1. The minimum atomic E-state index is -0.257. The van der Waals surface area contributed by atoms with Gasteiger partial charge in [0.25, 0.3) is 5.56 Å². The Morgan fingerprint density at radius 1 is 1.15 bits per heavy atom. The first-order valence-corrected chi connectivity index (χ1v) is 9.21. The van der Waals surface area contributed by atoms with Gasteiger partial charge in [-0.3, -0.25) is 14.2 Å². The highest BCUT2D eigenvalue weighted by Crippen LogP contribution is 2.26. The number of halogens is 1. The van der Waals surface area contributed by atoms with Crippen LogP contribution in [0.15, 0.2) is 47.3 Å². The van der Waals surface area contributed by atoms with Crippen molar-refractivity contribution < 1.29 is 9.53 Å². The third-order valence-electron chi connectivity index (χ3n) is 4.28. The van der Waals surface area contributed by atoms with E-state index in [4.69, 9.17) is 4.74 Å².